The molecule has 7 heteroatoms. The van der Waals surface area contributed by atoms with Gasteiger partial charge in [-0.15, -0.1) is 0 Å². The zero-order valence-corrected chi connectivity index (χ0v) is 14.3. The first kappa shape index (κ1) is 18.4. The minimum Gasteiger partial charge on any atom is -0.480 e. The SMILES string of the molecule is O=C(CC1CCCC1)N[C@@H](CCS(=O)(=O)c1ccccc1)C(=O)O. The Hall–Kier alpha value is -1.89. The molecule has 0 saturated heterocycles. The third kappa shape index (κ3) is 5.33. The quantitative estimate of drug-likeness (QED) is 0.744. The molecule has 1 aliphatic carbocycles. The molecule has 24 heavy (non-hydrogen) atoms. The molecule has 2 rings (SSSR count). The van der Waals surface area contributed by atoms with Crippen molar-refractivity contribution in [1.82, 2.24) is 5.32 Å². The lowest BCUT2D eigenvalue weighted by Crippen LogP contribution is -2.42. The molecule has 1 aromatic rings. The second-order valence-electron chi connectivity index (χ2n) is 6.23. The molecule has 0 radical (unpaired) electrons. The molecule has 1 aromatic carbocycles. The van der Waals surface area contributed by atoms with E-state index in [1.807, 2.05) is 0 Å². The van der Waals surface area contributed by atoms with Crippen LogP contribution >= 0.6 is 0 Å². The maximum absolute atomic E-state index is 12.2. The van der Waals surface area contributed by atoms with Gasteiger partial charge < -0.3 is 10.4 Å². The van der Waals surface area contributed by atoms with Crippen molar-refractivity contribution >= 4 is 21.7 Å². The van der Waals surface area contributed by atoms with Crippen molar-refractivity contribution in [2.24, 2.45) is 5.92 Å². The van der Waals surface area contributed by atoms with Crippen LogP contribution in [0.3, 0.4) is 0 Å². The Balaban J connectivity index is 1.91. The molecule has 1 saturated carbocycles. The highest BCUT2D eigenvalue weighted by atomic mass is 32.2. The summed E-state index contributed by atoms with van der Waals surface area (Å²) in [5.74, 6) is -1.53. The van der Waals surface area contributed by atoms with E-state index in [1.54, 1.807) is 18.2 Å². The highest BCUT2D eigenvalue weighted by Crippen LogP contribution is 2.27. The normalized spacial score (nSPS) is 16.7. The van der Waals surface area contributed by atoms with Crippen LogP contribution in [0.4, 0.5) is 0 Å². The summed E-state index contributed by atoms with van der Waals surface area (Å²) in [6, 6.07) is 6.71. The molecule has 1 amide bonds. The van der Waals surface area contributed by atoms with E-state index in [0.717, 1.165) is 25.7 Å². The van der Waals surface area contributed by atoms with E-state index in [9.17, 15) is 23.1 Å². The first-order chi connectivity index (χ1) is 11.4. The van der Waals surface area contributed by atoms with Gasteiger partial charge in [-0.25, -0.2) is 13.2 Å². The van der Waals surface area contributed by atoms with Gasteiger partial charge in [0, 0.05) is 6.42 Å². The van der Waals surface area contributed by atoms with Gasteiger partial charge >= 0.3 is 5.97 Å². The van der Waals surface area contributed by atoms with Gasteiger partial charge in [0.2, 0.25) is 5.91 Å². The van der Waals surface area contributed by atoms with Gasteiger partial charge in [-0.3, -0.25) is 4.79 Å². The van der Waals surface area contributed by atoms with Crippen molar-refractivity contribution in [3.8, 4) is 0 Å². The fourth-order valence-electron chi connectivity index (χ4n) is 3.01. The minimum absolute atomic E-state index is 0.150. The predicted octanol–water partition coefficient (Wildman–Crippen LogP) is 2.00. The number of benzene rings is 1. The molecule has 0 bridgehead atoms. The van der Waals surface area contributed by atoms with Crippen molar-refractivity contribution in [1.29, 1.82) is 0 Å². The maximum Gasteiger partial charge on any atom is 0.326 e. The van der Waals surface area contributed by atoms with E-state index in [2.05, 4.69) is 5.32 Å². The second kappa shape index (κ2) is 8.28. The Bertz CT molecular complexity index is 665. The maximum atomic E-state index is 12.2. The lowest BCUT2D eigenvalue weighted by molar-refractivity contribution is -0.142. The van der Waals surface area contributed by atoms with Crippen molar-refractivity contribution < 1.29 is 23.1 Å². The number of carboxylic acid groups (broad SMARTS) is 1. The van der Waals surface area contributed by atoms with Gasteiger partial charge in [0.05, 0.1) is 10.6 Å². The molecule has 6 nitrogen and oxygen atoms in total. The molecular formula is C17H23NO5S. The third-order valence-electron chi connectivity index (χ3n) is 4.36. The number of hydrogen-bond acceptors (Lipinski definition) is 4. The van der Waals surface area contributed by atoms with E-state index >= 15 is 0 Å². The van der Waals surface area contributed by atoms with Gasteiger partial charge in [-0.1, -0.05) is 31.0 Å². The molecule has 1 aliphatic rings. The first-order valence-corrected chi connectivity index (χ1v) is 9.83. The fourth-order valence-corrected chi connectivity index (χ4v) is 4.36. The minimum atomic E-state index is -3.56. The highest BCUT2D eigenvalue weighted by molar-refractivity contribution is 7.91. The van der Waals surface area contributed by atoms with Gasteiger partial charge in [-0.05, 0) is 37.3 Å². The molecule has 0 heterocycles. The van der Waals surface area contributed by atoms with E-state index in [1.165, 1.54) is 12.1 Å². The van der Waals surface area contributed by atoms with E-state index in [0.29, 0.717) is 12.3 Å². The number of sulfone groups is 1. The number of carbonyl (C=O) groups is 2. The number of hydrogen-bond donors (Lipinski definition) is 2. The number of aliphatic carboxylic acids is 1. The summed E-state index contributed by atoms with van der Waals surface area (Å²) >= 11 is 0. The Morgan fingerprint density at radius 3 is 2.38 bits per heavy atom. The Labute approximate surface area is 142 Å². The summed E-state index contributed by atoms with van der Waals surface area (Å²) in [4.78, 5) is 23.5. The number of carboxylic acids is 1. The highest BCUT2D eigenvalue weighted by Gasteiger charge is 2.25. The zero-order chi connectivity index (χ0) is 17.6. The average Bonchev–Trinajstić information content (AvgIpc) is 3.05. The predicted molar refractivity (Wildman–Crippen MR) is 89.3 cm³/mol. The molecule has 0 spiro atoms. The molecule has 132 valence electrons. The van der Waals surface area contributed by atoms with Crippen molar-refractivity contribution in [2.45, 2.75) is 49.5 Å². The van der Waals surface area contributed by atoms with Crippen molar-refractivity contribution in [3.63, 3.8) is 0 Å². The third-order valence-corrected chi connectivity index (χ3v) is 6.12. The number of nitrogens with one attached hydrogen (secondary N) is 1. The van der Waals surface area contributed by atoms with E-state index in [4.69, 9.17) is 0 Å². The standard InChI is InChI=1S/C17H23NO5S/c19-16(12-13-6-4-5-7-13)18-15(17(20)21)10-11-24(22,23)14-8-2-1-3-9-14/h1-3,8-9,13,15H,4-7,10-12H2,(H,18,19)(H,20,21)/t15-/m0/s1. The van der Waals surface area contributed by atoms with Crippen LogP contribution in [-0.2, 0) is 19.4 Å². The van der Waals surface area contributed by atoms with Crippen LogP contribution in [0.25, 0.3) is 0 Å². The van der Waals surface area contributed by atoms with Crippen LogP contribution < -0.4 is 5.32 Å². The molecule has 1 atom stereocenters. The average molecular weight is 353 g/mol. The monoisotopic (exact) mass is 353 g/mol. The Morgan fingerprint density at radius 2 is 1.79 bits per heavy atom. The molecule has 0 unspecified atom stereocenters. The largest absolute Gasteiger partial charge is 0.480 e. The van der Waals surface area contributed by atoms with Gasteiger partial charge in [0.1, 0.15) is 6.04 Å². The summed E-state index contributed by atoms with van der Waals surface area (Å²) in [5, 5.41) is 11.7. The first-order valence-electron chi connectivity index (χ1n) is 8.18. The topological polar surface area (TPSA) is 101 Å². The molecule has 1 fully saturated rings. The number of amides is 1. The molecule has 2 N–H and O–H groups in total. The van der Waals surface area contributed by atoms with Crippen LogP contribution in [0.1, 0.15) is 38.5 Å². The van der Waals surface area contributed by atoms with Crippen LogP contribution in [0.15, 0.2) is 35.2 Å². The summed E-state index contributed by atoms with van der Waals surface area (Å²) < 4.78 is 24.4. The van der Waals surface area contributed by atoms with Gasteiger partial charge in [0.15, 0.2) is 9.84 Å². The smallest absolute Gasteiger partial charge is 0.326 e. The lowest BCUT2D eigenvalue weighted by Gasteiger charge is -2.16. The van der Waals surface area contributed by atoms with Gasteiger partial charge in [0.25, 0.3) is 0 Å². The van der Waals surface area contributed by atoms with Gasteiger partial charge in [-0.2, -0.15) is 0 Å². The van der Waals surface area contributed by atoms with Crippen molar-refractivity contribution in [2.75, 3.05) is 5.75 Å². The summed E-state index contributed by atoms with van der Waals surface area (Å²) in [5.41, 5.74) is 0. The second-order valence-corrected chi connectivity index (χ2v) is 8.34. The molecular weight excluding hydrogens is 330 g/mol. The van der Waals surface area contributed by atoms with Crippen molar-refractivity contribution in [3.05, 3.63) is 30.3 Å². The number of rotatable bonds is 8. The molecule has 0 aliphatic heterocycles. The van der Waals surface area contributed by atoms with Crippen LogP contribution in [0.2, 0.25) is 0 Å². The zero-order valence-electron chi connectivity index (χ0n) is 13.5. The molecule has 0 aromatic heterocycles. The van der Waals surface area contributed by atoms with Crippen LogP contribution in [0, 0.1) is 5.92 Å². The van der Waals surface area contributed by atoms with Crippen LogP contribution in [0.5, 0.6) is 0 Å². The van der Waals surface area contributed by atoms with Crippen LogP contribution in [-0.4, -0.2) is 37.2 Å². The Morgan fingerprint density at radius 1 is 1.17 bits per heavy atom. The van der Waals surface area contributed by atoms with E-state index < -0.39 is 21.8 Å². The lowest BCUT2D eigenvalue weighted by atomic mass is 10.0. The Kier molecular flexibility index (Phi) is 6.36. The fraction of sp³-hybridized carbons (Fsp3) is 0.529. The number of carbonyl (C=O) groups excluding carboxylic acids is 1. The summed E-state index contributed by atoms with van der Waals surface area (Å²) in [6.07, 6.45) is 4.37. The summed E-state index contributed by atoms with van der Waals surface area (Å²) in [7, 11) is -3.56. The summed E-state index contributed by atoms with van der Waals surface area (Å²) in [6.45, 7) is 0. The van der Waals surface area contributed by atoms with E-state index in [-0.39, 0.29) is 23.0 Å².